The van der Waals surface area contributed by atoms with E-state index in [1.807, 2.05) is 84.9 Å². The molecular weight excluding hydrogens is 417 g/mol. The van der Waals surface area contributed by atoms with Crippen molar-refractivity contribution in [1.82, 2.24) is 15.0 Å². The Morgan fingerprint density at radius 1 is 0.750 bits per heavy atom. The van der Waals surface area contributed by atoms with Crippen molar-refractivity contribution in [2.24, 2.45) is 0 Å². The number of rotatable bonds is 6. The van der Waals surface area contributed by atoms with Crippen molar-refractivity contribution in [3.05, 3.63) is 115 Å². The third kappa shape index (κ3) is 4.03. The number of ether oxygens (including phenoxy) is 1. The number of carbonyl (C=O) groups excluding carboxylic acids is 1. The first-order valence-corrected chi connectivity index (χ1v) is 11.6. The minimum Gasteiger partial charge on any atom is -0.439 e. The van der Waals surface area contributed by atoms with Gasteiger partial charge < -0.3 is 4.74 Å². The molecule has 0 aliphatic heterocycles. The van der Waals surface area contributed by atoms with Crippen LogP contribution >= 0.6 is 7.92 Å². The van der Waals surface area contributed by atoms with Gasteiger partial charge in [-0.2, -0.15) is 0 Å². The van der Waals surface area contributed by atoms with E-state index >= 15 is 0 Å². The second kappa shape index (κ2) is 9.13. The maximum atomic E-state index is 13.2. The van der Waals surface area contributed by atoms with Crippen molar-refractivity contribution in [1.29, 1.82) is 0 Å². The molecule has 0 aliphatic rings. The molecule has 0 radical (unpaired) electrons. The molecule has 5 aromatic rings. The predicted molar refractivity (Wildman–Crippen MR) is 128 cm³/mol. The molecular formula is C26H20N3O2P. The molecule has 0 saturated heterocycles. The molecule has 5 nitrogen and oxygen atoms in total. The number of carbonyl (C=O) groups is 1. The van der Waals surface area contributed by atoms with Gasteiger partial charge in [0, 0.05) is 0 Å². The van der Waals surface area contributed by atoms with E-state index in [-0.39, 0.29) is 12.7 Å². The van der Waals surface area contributed by atoms with Crippen LogP contribution in [0, 0.1) is 0 Å². The summed E-state index contributed by atoms with van der Waals surface area (Å²) in [5.74, 6) is -0.375. The molecule has 1 heterocycles. The van der Waals surface area contributed by atoms with Crippen molar-refractivity contribution < 1.29 is 9.53 Å². The number of fused-ring (bicyclic) bond motifs is 1. The highest BCUT2D eigenvalue weighted by molar-refractivity contribution is 7.80. The zero-order chi connectivity index (χ0) is 21.8. The number of para-hydroxylation sites is 1. The molecule has 0 bridgehead atoms. The molecule has 0 aliphatic carbocycles. The van der Waals surface area contributed by atoms with Gasteiger partial charge in [-0.05, 0) is 42.0 Å². The van der Waals surface area contributed by atoms with E-state index in [0.29, 0.717) is 5.56 Å². The standard InChI is InChI=1S/C26H20N3O2P/c30-26(31-19-29-24-17-9-8-16-23(24)27-28-29)22-15-7-10-18-25(22)32(20-11-3-1-4-12-20)21-13-5-2-6-14-21/h1-18H,19H2. The first kappa shape index (κ1) is 20.1. The van der Waals surface area contributed by atoms with Crippen LogP contribution < -0.4 is 15.9 Å². The highest BCUT2D eigenvalue weighted by Gasteiger charge is 2.23. The van der Waals surface area contributed by atoms with Crippen LogP contribution in [-0.4, -0.2) is 21.0 Å². The Labute approximate surface area is 187 Å². The van der Waals surface area contributed by atoms with Gasteiger partial charge in [0.15, 0.2) is 6.73 Å². The summed E-state index contributed by atoms with van der Waals surface area (Å²) in [5.41, 5.74) is 2.15. The van der Waals surface area contributed by atoms with E-state index < -0.39 is 7.92 Å². The molecule has 1 aromatic heterocycles. The van der Waals surface area contributed by atoms with Crippen molar-refractivity contribution in [2.45, 2.75) is 6.73 Å². The van der Waals surface area contributed by atoms with E-state index in [1.165, 1.54) is 10.6 Å². The van der Waals surface area contributed by atoms with Gasteiger partial charge in [0.1, 0.15) is 5.52 Å². The van der Waals surface area contributed by atoms with Crippen LogP contribution in [0.25, 0.3) is 11.0 Å². The monoisotopic (exact) mass is 437 g/mol. The van der Waals surface area contributed by atoms with Crippen molar-refractivity contribution in [3.8, 4) is 0 Å². The molecule has 0 saturated carbocycles. The van der Waals surface area contributed by atoms with E-state index in [1.54, 1.807) is 4.68 Å². The summed E-state index contributed by atoms with van der Waals surface area (Å²) >= 11 is 0. The molecule has 0 amide bonds. The second-order valence-corrected chi connectivity index (χ2v) is 9.35. The van der Waals surface area contributed by atoms with Gasteiger partial charge in [-0.1, -0.05) is 96.2 Å². The van der Waals surface area contributed by atoms with E-state index in [9.17, 15) is 4.79 Å². The minimum absolute atomic E-state index is 0.00226. The summed E-state index contributed by atoms with van der Waals surface area (Å²) in [4.78, 5) is 13.2. The maximum absolute atomic E-state index is 13.2. The Balaban J connectivity index is 1.48. The lowest BCUT2D eigenvalue weighted by Crippen LogP contribution is -2.26. The third-order valence-electron chi connectivity index (χ3n) is 5.13. The summed E-state index contributed by atoms with van der Waals surface area (Å²) in [6, 6.07) is 35.9. The van der Waals surface area contributed by atoms with Gasteiger partial charge in [0.25, 0.3) is 0 Å². The molecule has 5 rings (SSSR count). The SMILES string of the molecule is O=C(OCn1nnc2ccccc21)c1ccccc1P(c1ccccc1)c1ccccc1. The van der Waals surface area contributed by atoms with Crippen LogP contribution in [0.2, 0.25) is 0 Å². The average molecular weight is 437 g/mol. The van der Waals surface area contributed by atoms with Crippen molar-refractivity contribution in [2.75, 3.05) is 0 Å². The smallest absolute Gasteiger partial charge is 0.340 e. The topological polar surface area (TPSA) is 57.0 Å². The third-order valence-corrected chi connectivity index (χ3v) is 7.63. The molecule has 6 heteroatoms. The Kier molecular flexibility index (Phi) is 5.73. The van der Waals surface area contributed by atoms with Gasteiger partial charge in [0.2, 0.25) is 0 Å². The second-order valence-electron chi connectivity index (χ2n) is 7.16. The molecule has 0 unspecified atom stereocenters. The summed E-state index contributed by atoms with van der Waals surface area (Å²) in [7, 11) is -0.919. The molecule has 32 heavy (non-hydrogen) atoms. The van der Waals surface area contributed by atoms with Crippen molar-refractivity contribution >= 4 is 40.8 Å². The van der Waals surface area contributed by atoms with Crippen LogP contribution in [0.1, 0.15) is 10.4 Å². The Bertz CT molecular complexity index is 1310. The first-order valence-electron chi connectivity index (χ1n) is 10.3. The molecule has 0 N–H and O–H groups in total. The fourth-order valence-corrected chi connectivity index (χ4v) is 6.07. The van der Waals surface area contributed by atoms with Crippen LogP contribution in [0.3, 0.4) is 0 Å². The summed E-state index contributed by atoms with van der Waals surface area (Å²) in [6.07, 6.45) is 0. The van der Waals surface area contributed by atoms with Gasteiger partial charge in [-0.3, -0.25) is 0 Å². The van der Waals surface area contributed by atoms with Gasteiger partial charge >= 0.3 is 5.97 Å². The lowest BCUT2D eigenvalue weighted by atomic mass is 10.2. The van der Waals surface area contributed by atoms with E-state index in [0.717, 1.165) is 16.3 Å². The van der Waals surface area contributed by atoms with Crippen molar-refractivity contribution in [3.63, 3.8) is 0 Å². The maximum Gasteiger partial charge on any atom is 0.340 e. The quantitative estimate of drug-likeness (QED) is 0.298. The van der Waals surface area contributed by atoms with Gasteiger partial charge in [0.05, 0.1) is 11.1 Å². The van der Waals surface area contributed by atoms with Crippen LogP contribution in [0.15, 0.2) is 109 Å². The van der Waals surface area contributed by atoms with Gasteiger partial charge in [-0.25, -0.2) is 9.48 Å². The molecule has 0 fully saturated rings. The number of nitrogens with zero attached hydrogens (tertiary/aromatic N) is 3. The normalized spacial score (nSPS) is 11.0. The predicted octanol–water partition coefficient (Wildman–Crippen LogP) is 4.00. The average Bonchev–Trinajstić information content (AvgIpc) is 3.28. The largest absolute Gasteiger partial charge is 0.439 e. The number of aromatic nitrogens is 3. The van der Waals surface area contributed by atoms with E-state index in [4.69, 9.17) is 4.74 Å². The summed E-state index contributed by atoms with van der Waals surface area (Å²) < 4.78 is 7.27. The Hall–Kier alpha value is -3.82. The van der Waals surface area contributed by atoms with Crippen LogP contribution in [0.5, 0.6) is 0 Å². The fraction of sp³-hybridized carbons (Fsp3) is 0.0385. The van der Waals surface area contributed by atoms with Gasteiger partial charge in [-0.15, -0.1) is 5.10 Å². The molecule has 0 spiro atoms. The fourth-order valence-electron chi connectivity index (χ4n) is 3.63. The van der Waals surface area contributed by atoms with Crippen LogP contribution in [0.4, 0.5) is 0 Å². The number of hydrogen-bond donors (Lipinski definition) is 0. The Morgan fingerprint density at radius 3 is 2.06 bits per heavy atom. The minimum atomic E-state index is -0.919. The Morgan fingerprint density at radius 2 is 1.34 bits per heavy atom. The number of hydrogen-bond acceptors (Lipinski definition) is 4. The molecule has 156 valence electrons. The molecule has 0 atom stereocenters. The lowest BCUT2D eigenvalue weighted by Gasteiger charge is -2.21. The van der Waals surface area contributed by atoms with Crippen LogP contribution in [-0.2, 0) is 11.5 Å². The zero-order valence-corrected chi connectivity index (χ0v) is 18.1. The highest BCUT2D eigenvalue weighted by atomic mass is 31.1. The molecule has 4 aromatic carbocycles. The first-order chi connectivity index (χ1) is 15.8. The highest BCUT2D eigenvalue weighted by Crippen LogP contribution is 2.34. The number of esters is 1. The van der Waals surface area contributed by atoms with E-state index in [2.05, 4.69) is 34.6 Å². The number of benzene rings is 4. The summed E-state index contributed by atoms with van der Waals surface area (Å²) in [5, 5.41) is 11.5. The summed E-state index contributed by atoms with van der Waals surface area (Å²) in [6.45, 7) is 0.00226. The lowest BCUT2D eigenvalue weighted by molar-refractivity contribution is 0.0356. The zero-order valence-electron chi connectivity index (χ0n) is 17.2.